The van der Waals surface area contributed by atoms with Crippen molar-refractivity contribution < 1.29 is 0 Å². The normalized spacial score (nSPS) is 11.0. The molecule has 2 N–H and O–H groups in total. The lowest BCUT2D eigenvalue weighted by Crippen LogP contribution is -2.05. The van der Waals surface area contributed by atoms with Gasteiger partial charge >= 0.3 is 0 Å². The van der Waals surface area contributed by atoms with E-state index in [-0.39, 0.29) is 16.8 Å². The summed E-state index contributed by atoms with van der Waals surface area (Å²) in [6.07, 6.45) is 3.46. The van der Waals surface area contributed by atoms with Crippen molar-refractivity contribution in [3.8, 4) is 18.2 Å². The minimum atomic E-state index is -0.305. The van der Waals surface area contributed by atoms with Gasteiger partial charge in [0.2, 0.25) is 0 Å². The molecule has 0 saturated heterocycles. The highest BCUT2D eigenvalue weighted by molar-refractivity contribution is 6.32. The molecule has 124 valence electrons. The van der Waals surface area contributed by atoms with E-state index in [9.17, 15) is 5.26 Å². The number of nitriles is 3. The minimum Gasteiger partial charge on any atom is -0.396 e. The molecule has 2 rings (SSSR count). The van der Waals surface area contributed by atoms with Crippen LogP contribution in [0.25, 0.3) is 11.6 Å². The molecule has 0 aromatic heterocycles. The van der Waals surface area contributed by atoms with Gasteiger partial charge in [-0.3, -0.25) is 0 Å². The average molecular weight is 357 g/mol. The number of benzene rings is 2. The number of halogens is 1. The first-order valence-electron chi connectivity index (χ1n) is 7.55. The van der Waals surface area contributed by atoms with Gasteiger partial charge in [0, 0.05) is 10.6 Å². The highest BCUT2D eigenvalue weighted by Crippen LogP contribution is 2.26. The van der Waals surface area contributed by atoms with Crippen LogP contribution in [0.1, 0.15) is 11.1 Å². The summed E-state index contributed by atoms with van der Waals surface area (Å²) < 4.78 is 0. The summed E-state index contributed by atoms with van der Waals surface area (Å²) in [7, 11) is 0. The van der Waals surface area contributed by atoms with Gasteiger partial charge in [-0.15, -0.1) is 0 Å². The van der Waals surface area contributed by atoms with Gasteiger partial charge in [-0.1, -0.05) is 72.3 Å². The van der Waals surface area contributed by atoms with E-state index >= 15 is 0 Å². The summed E-state index contributed by atoms with van der Waals surface area (Å²) in [4.78, 5) is 0. The molecular formula is C21H13ClN4. The minimum absolute atomic E-state index is 0.0533. The standard InChI is InChI=1S/C21H13ClN4/c22-20-9-5-4-8-16(20)10-11-18(15-6-2-1-3-7-15)19(14-25)21(26)17(12-23)13-24/h1-11H,26H2/b11-10+,19-18-. The van der Waals surface area contributed by atoms with E-state index in [1.165, 1.54) is 0 Å². The molecule has 0 saturated carbocycles. The molecule has 0 spiro atoms. The van der Waals surface area contributed by atoms with Gasteiger partial charge in [0.05, 0.1) is 11.3 Å². The highest BCUT2D eigenvalue weighted by atomic mass is 35.5. The van der Waals surface area contributed by atoms with Crippen LogP contribution >= 0.6 is 11.6 Å². The number of hydrogen-bond acceptors (Lipinski definition) is 4. The van der Waals surface area contributed by atoms with Crippen LogP contribution in [0.5, 0.6) is 0 Å². The lowest BCUT2D eigenvalue weighted by molar-refractivity contribution is 1.30. The number of nitrogens with zero attached hydrogens (tertiary/aromatic N) is 3. The molecular weight excluding hydrogens is 344 g/mol. The second-order valence-electron chi connectivity index (χ2n) is 5.13. The van der Waals surface area contributed by atoms with Gasteiger partial charge in [0.1, 0.15) is 18.2 Å². The first-order valence-corrected chi connectivity index (χ1v) is 7.93. The van der Waals surface area contributed by atoms with Crippen LogP contribution < -0.4 is 5.73 Å². The fraction of sp³-hybridized carbons (Fsp3) is 0. The number of allylic oxidation sites excluding steroid dienone is 4. The smallest absolute Gasteiger partial charge is 0.153 e. The van der Waals surface area contributed by atoms with Crippen molar-refractivity contribution in [2.75, 3.05) is 0 Å². The zero-order valence-corrected chi connectivity index (χ0v) is 14.4. The lowest BCUT2D eigenvalue weighted by atomic mass is 9.96. The Hall–Kier alpha value is -3.78. The van der Waals surface area contributed by atoms with Crippen molar-refractivity contribution in [2.45, 2.75) is 0 Å². The molecule has 0 aliphatic carbocycles. The van der Waals surface area contributed by atoms with Crippen molar-refractivity contribution >= 4 is 23.3 Å². The SMILES string of the molecule is N#CC(C#N)=C(N)/C(C#N)=C(/C=C/c1ccccc1Cl)c1ccccc1. The van der Waals surface area contributed by atoms with Crippen molar-refractivity contribution in [1.82, 2.24) is 0 Å². The van der Waals surface area contributed by atoms with Gasteiger partial charge in [-0.25, -0.2) is 0 Å². The highest BCUT2D eigenvalue weighted by Gasteiger charge is 2.14. The van der Waals surface area contributed by atoms with Crippen LogP contribution in [0.3, 0.4) is 0 Å². The topological polar surface area (TPSA) is 97.4 Å². The van der Waals surface area contributed by atoms with Crippen molar-refractivity contribution in [3.63, 3.8) is 0 Å². The molecule has 0 aliphatic rings. The van der Waals surface area contributed by atoms with Crippen LogP contribution in [0.2, 0.25) is 5.02 Å². The maximum Gasteiger partial charge on any atom is 0.153 e. The Morgan fingerprint density at radius 1 is 0.885 bits per heavy atom. The molecule has 0 aliphatic heterocycles. The number of rotatable bonds is 4. The summed E-state index contributed by atoms with van der Waals surface area (Å²) in [5.41, 5.74) is 7.51. The van der Waals surface area contributed by atoms with Crippen LogP contribution in [0.4, 0.5) is 0 Å². The Morgan fingerprint density at radius 2 is 1.50 bits per heavy atom. The molecule has 0 atom stereocenters. The fourth-order valence-electron chi connectivity index (χ4n) is 2.26. The molecule has 0 bridgehead atoms. The summed E-state index contributed by atoms with van der Waals surface area (Å²) in [6, 6.07) is 21.8. The van der Waals surface area contributed by atoms with E-state index in [4.69, 9.17) is 27.9 Å². The molecule has 4 nitrogen and oxygen atoms in total. The van der Waals surface area contributed by atoms with Gasteiger partial charge in [0.25, 0.3) is 0 Å². The first-order chi connectivity index (χ1) is 12.6. The summed E-state index contributed by atoms with van der Waals surface area (Å²) in [5, 5.41) is 28.3. The summed E-state index contributed by atoms with van der Waals surface area (Å²) in [5.74, 6) is 0. The fourth-order valence-corrected chi connectivity index (χ4v) is 2.46. The van der Waals surface area contributed by atoms with Crippen LogP contribution in [0, 0.1) is 34.0 Å². The second-order valence-corrected chi connectivity index (χ2v) is 5.54. The Kier molecular flexibility index (Phi) is 6.35. The Morgan fingerprint density at radius 3 is 2.08 bits per heavy atom. The quantitative estimate of drug-likeness (QED) is 0.639. The predicted octanol–water partition coefficient (Wildman–Crippen LogP) is 4.59. The van der Waals surface area contributed by atoms with Crippen molar-refractivity contribution in [2.24, 2.45) is 5.73 Å². The maximum atomic E-state index is 9.62. The third kappa shape index (κ3) is 4.19. The van der Waals surface area contributed by atoms with Crippen molar-refractivity contribution in [1.29, 1.82) is 15.8 Å². The van der Waals surface area contributed by atoms with E-state index in [0.29, 0.717) is 10.6 Å². The summed E-state index contributed by atoms with van der Waals surface area (Å²) >= 11 is 6.17. The maximum absolute atomic E-state index is 9.62. The second kappa shape index (κ2) is 8.90. The monoisotopic (exact) mass is 356 g/mol. The molecule has 0 radical (unpaired) electrons. The Balaban J connectivity index is 2.72. The zero-order chi connectivity index (χ0) is 18.9. The van der Waals surface area contributed by atoms with Gasteiger partial charge in [-0.2, -0.15) is 15.8 Å². The van der Waals surface area contributed by atoms with E-state index in [1.54, 1.807) is 30.4 Å². The van der Waals surface area contributed by atoms with Crippen molar-refractivity contribution in [3.05, 3.63) is 93.7 Å². The molecule has 0 unspecified atom stereocenters. The largest absolute Gasteiger partial charge is 0.396 e. The van der Waals surface area contributed by atoms with Gasteiger partial charge in [0.15, 0.2) is 5.57 Å². The van der Waals surface area contributed by atoms with Crippen LogP contribution in [0.15, 0.2) is 77.5 Å². The number of nitrogens with two attached hydrogens (primary N) is 1. The van der Waals surface area contributed by atoms with E-state index < -0.39 is 0 Å². The molecule has 0 fully saturated rings. The molecule has 2 aromatic carbocycles. The molecule has 26 heavy (non-hydrogen) atoms. The summed E-state index contributed by atoms with van der Waals surface area (Å²) in [6.45, 7) is 0. The Bertz CT molecular complexity index is 1010. The van der Waals surface area contributed by atoms with Gasteiger partial charge < -0.3 is 5.73 Å². The van der Waals surface area contributed by atoms with Crippen LogP contribution in [-0.4, -0.2) is 0 Å². The van der Waals surface area contributed by atoms with Gasteiger partial charge in [-0.05, 0) is 17.2 Å². The van der Waals surface area contributed by atoms with E-state index in [2.05, 4.69) is 0 Å². The number of hydrogen-bond donors (Lipinski definition) is 1. The molecule has 2 aromatic rings. The van der Waals surface area contributed by atoms with E-state index in [0.717, 1.165) is 11.1 Å². The first kappa shape index (κ1) is 18.6. The predicted molar refractivity (Wildman–Crippen MR) is 102 cm³/mol. The average Bonchev–Trinajstić information content (AvgIpc) is 2.68. The lowest BCUT2D eigenvalue weighted by Gasteiger charge is -2.08. The molecule has 5 heteroatoms. The van der Waals surface area contributed by atoms with E-state index in [1.807, 2.05) is 54.6 Å². The molecule has 0 heterocycles. The third-order valence-corrected chi connectivity index (χ3v) is 3.91. The zero-order valence-electron chi connectivity index (χ0n) is 13.6. The van der Waals surface area contributed by atoms with Crippen LogP contribution in [-0.2, 0) is 0 Å². The third-order valence-electron chi connectivity index (χ3n) is 3.56. The molecule has 0 amide bonds. The Labute approximate surface area is 157 Å².